The fourth-order valence-corrected chi connectivity index (χ4v) is 3.62. The Balaban J connectivity index is 0. The lowest BCUT2D eigenvalue weighted by Crippen LogP contribution is -2.15. The van der Waals surface area contributed by atoms with Gasteiger partial charge in [-0.3, -0.25) is 14.6 Å². The molecule has 2 aromatic carbocycles. The molecule has 0 radical (unpaired) electrons. The molecule has 1 aromatic heterocycles. The summed E-state index contributed by atoms with van der Waals surface area (Å²) in [5.41, 5.74) is 2.01. The number of pyridine rings is 1. The van der Waals surface area contributed by atoms with Gasteiger partial charge in [-0.2, -0.15) is 0 Å². The van der Waals surface area contributed by atoms with Gasteiger partial charge < -0.3 is 5.11 Å². The van der Waals surface area contributed by atoms with Crippen LogP contribution in [0.1, 0.15) is 93.8 Å². The van der Waals surface area contributed by atoms with Crippen LogP contribution < -0.4 is 0 Å². The summed E-state index contributed by atoms with van der Waals surface area (Å²) in [5.74, 6) is 0.940. The minimum atomic E-state index is 0. The number of Topliss-reactive ketones (excluding diaryl/α,β-unsaturated/α-hetero) is 2. The fourth-order valence-electron chi connectivity index (χ4n) is 3.62. The Morgan fingerprint density at radius 1 is 0.865 bits per heavy atom. The van der Waals surface area contributed by atoms with Crippen LogP contribution in [0.5, 0.6) is 5.75 Å². The number of rotatable bonds is 10. The van der Waals surface area contributed by atoms with Gasteiger partial charge in [0, 0.05) is 37.0 Å². The number of carbonyl (C=O) groups excluding carboxylic acids is 2. The van der Waals surface area contributed by atoms with E-state index in [1.807, 2.05) is 84.1 Å². The van der Waals surface area contributed by atoms with Gasteiger partial charge in [-0.25, -0.2) is 0 Å². The average molecular weight is 510 g/mol. The summed E-state index contributed by atoms with van der Waals surface area (Å²) in [5, 5.41) is 11.5. The van der Waals surface area contributed by atoms with Crippen molar-refractivity contribution in [2.24, 2.45) is 11.8 Å². The van der Waals surface area contributed by atoms with Crippen LogP contribution in [0.3, 0.4) is 0 Å². The maximum atomic E-state index is 12.2. The van der Waals surface area contributed by atoms with E-state index < -0.39 is 0 Å². The maximum absolute atomic E-state index is 12.2. The van der Waals surface area contributed by atoms with E-state index in [-0.39, 0.29) is 24.8 Å². The molecule has 0 aliphatic carbocycles. The highest BCUT2D eigenvalue weighted by Crippen LogP contribution is 2.18. The first-order chi connectivity index (χ1) is 17.8. The third kappa shape index (κ3) is 13.2. The van der Waals surface area contributed by atoms with Crippen molar-refractivity contribution in [3.8, 4) is 5.75 Å². The van der Waals surface area contributed by atoms with Gasteiger partial charge >= 0.3 is 0 Å². The highest BCUT2D eigenvalue weighted by molar-refractivity contribution is 5.83. The molecule has 4 nitrogen and oxygen atoms in total. The molecule has 2 unspecified atom stereocenters. The van der Waals surface area contributed by atoms with E-state index in [9.17, 15) is 14.7 Å². The summed E-state index contributed by atoms with van der Waals surface area (Å²) in [6, 6.07) is 17.6. The lowest BCUT2D eigenvalue weighted by atomic mass is 9.91. The maximum Gasteiger partial charge on any atom is 0.136 e. The summed E-state index contributed by atoms with van der Waals surface area (Å²) in [6.45, 7) is 15.6. The molecule has 0 aliphatic rings. The molecule has 0 fully saturated rings. The molecule has 0 aliphatic heterocycles. The summed E-state index contributed by atoms with van der Waals surface area (Å²) >= 11 is 0. The van der Waals surface area contributed by atoms with Gasteiger partial charge in [-0.1, -0.05) is 97.4 Å². The van der Waals surface area contributed by atoms with Crippen LogP contribution in [0.15, 0.2) is 60.8 Å². The van der Waals surface area contributed by atoms with Gasteiger partial charge in [0.1, 0.15) is 17.3 Å². The fraction of sp³-hybridized carbons (Fsp3) is 0.485. The topological polar surface area (TPSA) is 67.3 Å². The first kappa shape index (κ1) is 34.0. The molecule has 3 rings (SSSR count). The Kier molecular flexibility index (Phi) is 18.5. The van der Waals surface area contributed by atoms with Crippen molar-refractivity contribution >= 4 is 22.3 Å². The molecule has 1 N–H and O–H groups in total. The SMILES string of the molecule is CC.CC.CC(=O)C(C)CCC(C)C(=O)CCc1cc2ccccc2cn1.CCCc1ccccc1O.[HH]. The van der Waals surface area contributed by atoms with Crippen molar-refractivity contribution in [3.05, 3.63) is 72.1 Å². The number of aromatic hydroxyl groups is 1. The molecule has 0 saturated heterocycles. The number of phenols is 1. The first-order valence-electron chi connectivity index (χ1n) is 14.0. The number of hydrogen-bond donors (Lipinski definition) is 1. The lowest BCUT2D eigenvalue weighted by molar-refractivity contribution is -0.124. The van der Waals surface area contributed by atoms with E-state index in [0.29, 0.717) is 18.6 Å². The third-order valence-electron chi connectivity index (χ3n) is 6.10. The number of aryl methyl sites for hydroxylation is 2. The van der Waals surface area contributed by atoms with Gasteiger partial charge in [0.15, 0.2) is 0 Å². The van der Waals surface area contributed by atoms with Crippen molar-refractivity contribution in [2.75, 3.05) is 0 Å². The number of fused-ring (bicyclic) bond motifs is 1. The Morgan fingerprint density at radius 3 is 2.03 bits per heavy atom. The van der Waals surface area contributed by atoms with Crippen molar-refractivity contribution < 1.29 is 16.1 Å². The molecule has 1 heterocycles. The van der Waals surface area contributed by atoms with Gasteiger partial charge in [0.05, 0.1) is 0 Å². The first-order valence-corrected chi connectivity index (χ1v) is 14.0. The quantitative estimate of drug-likeness (QED) is 0.296. The number of aromatic nitrogens is 1. The number of phenolic OH excluding ortho intramolecular Hbond substituents is 1. The van der Waals surface area contributed by atoms with Crippen molar-refractivity contribution in [3.63, 3.8) is 0 Å². The molecule has 2 atom stereocenters. The Labute approximate surface area is 227 Å². The van der Waals surface area contributed by atoms with Crippen molar-refractivity contribution in [1.29, 1.82) is 0 Å². The zero-order valence-corrected chi connectivity index (χ0v) is 24.4. The summed E-state index contributed by atoms with van der Waals surface area (Å²) in [6.07, 6.45) is 6.68. The highest BCUT2D eigenvalue weighted by atomic mass is 16.3. The predicted molar refractivity (Wildman–Crippen MR) is 160 cm³/mol. The van der Waals surface area contributed by atoms with Crippen molar-refractivity contribution in [2.45, 2.75) is 93.9 Å². The molecule has 0 bridgehead atoms. The van der Waals surface area contributed by atoms with Crippen LogP contribution in [0, 0.1) is 11.8 Å². The van der Waals surface area contributed by atoms with Crippen LogP contribution in [-0.2, 0) is 22.4 Å². The van der Waals surface area contributed by atoms with Gasteiger partial charge in [-0.05, 0) is 55.7 Å². The van der Waals surface area contributed by atoms with E-state index in [2.05, 4.69) is 24.0 Å². The zero-order chi connectivity index (χ0) is 28.2. The van der Waals surface area contributed by atoms with Crippen LogP contribution >= 0.6 is 0 Å². The van der Waals surface area contributed by atoms with Crippen molar-refractivity contribution in [1.82, 2.24) is 4.98 Å². The minimum Gasteiger partial charge on any atom is -0.508 e. The lowest BCUT2D eigenvalue weighted by Gasteiger charge is -2.13. The molecular formula is C33H51NO3. The van der Waals surface area contributed by atoms with E-state index in [0.717, 1.165) is 47.7 Å². The predicted octanol–water partition coefficient (Wildman–Crippen LogP) is 9.02. The number of carbonyl (C=O) groups is 2. The van der Waals surface area contributed by atoms with E-state index in [1.165, 1.54) is 0 Å². The van der Waals surface area contributed by atoms with Gasteiger partial charge in [0.2, 0.25) is 0 Å². The van der Waals surface area contributed by atoms with Crippen LogP contribution in [-0.4, -0.2) is 21.7 Å². The average Bonchev–Trinajstić information content (AvgIpc) is 2.94. The largest absolute Gasteiger partial charge is 0.508 e. The number of hydrogen-bond acceptors (Lipinski definition) is 4. The number of para-hydroxylation sites is 1. The minimum absolute atomic E-state index is 0. The van der Waals surface area contributed by atoms with E-state index in [4.69, 9.17) is 0 Å². The summed E-state index contributed by atoms with van der Waals surface area (Å²) < 4.78 is 0. The van der Waals surface area contributed by atoms with Crippen LogP contribution in [0.25, 0.3) is 10.8 Å². The second kappa shape index (κ2) is 20.1. The Morgan fingerprint density at radius 2 is 1.43 bits per heavy atom. The van der Waals surface area contributed by atoms with Gasteiger partial charge in [0.25, 0.3) is 0 Å². The second-order valence-corrected chi connectivity index (χ2v) is 8.86. The number of benzene rings is 2. The smallest absolute Gasteiger partial charge is 0.136 e. The second-order valence-electron chi connectivity index (χ2n) is 8.86. The van der Waals surface area contributed by atoms with Crippen LogP contribution in [0.2, 0.25) is 0 Å². The standard InChI is InChI=1S/C20H25NO2.C9H12O.2C2H6.H2/c1-14(16(3)22)8-9-15(2)20(23)11-10-19-12-17-6-4-5-7-18(17)13-21-19;1-2-5-8-6-3-4-7-9(8)10;2*1-2;/h4-7,12-15H,8-11H2,1-3H3;3-4,6-7,10H,2,5H2,1H3;2*1-2H3;1H. The van der Waals surface area contributed by atoms with E-state index in [1.54, 1.807) is 13.0 Å². The molecule has 0 spiro atoms. The molecule has 3 aromatic rings. The highest BCUT2D eigenvalue weighted by Gasteiger charge is 2.16. The molecule has 0 saturated carbocycles. The number of nitrogens with zero attached hydrogens (tertiary/aromatic N) is 1. The molecule has 37 heavy (non-hydrogen) atoms. The number of ketones is 2. The molecule has 0 amide bonds. The van der Waals surface area contributed by atoms with Gasteiger partial charge in [-0.15, -0.1) is 0 Å². The monoisotopic (exact) mass is 509 g/mol. The normalized spacial score (nSPS) is 11.5. The summed E-state index contributed by atoms with van der Waals surface area (Å²) in [4.78, 5) is 27.9. The summed E-state index contributed by atoms with van der Waals surface area (Å²) in [7, 11) is 0. The Hall–Kier alpha value is -3.01. The molecule has 4 heteroatoms. The van der Waals surface area contributed by atoms with Crippen LogP contribution in [0.4, 0.5) is 0 Å². The molecule has 206 valence electrons. The molecular weight excluding hydrogens is 458 g/mol. The Bertz CT molecular complexity index is 1050. The zero-order valence-electron chi connectivity index (χ0n) is 24.4. The third-order valence-corrected chi connectivity index (χ3v) is 6.10. The van der Waals surface area contributed by atoms with E-state index >= 15 is 0 Å².